The summed E-state index contributed by atoms with van der Waals surface area (Å²) in [7, 11) is 2.15. The smallest absolute Gasteiger partial charge is 0.224 e. The number of hydrogen-bond donors (Lipinski definition) is 1. The first-order valence-corrected chi connectivity index (χ1v) is 4.32. The minimum atomic E-state index is 0.226. The molecule has 0 aliphatic carbocycles. The summed E-state index contributed by atoms with van der Waals surface area (Å²) in [6.07, 6.45) is 2.92. The standard InChI is InChI=1S/C8H16BN3/c1-5-8(3,4)9-12-6-10-7(2)11-12/h6H,5H2,1-4H3,(H,10,11)/q+1. The number of H-pyrrole nitrogens is 1. The third-order valence-corrected chi connectivity index (χ3v) is 2.07. The van der Waals surface area contributed by atoms with Crippen molar-refractivity contribution in [2.24, 2.45) is 0 Å². The number of aryl methyl sites for hydroxylation is 1. The van der Waals surface area contributed by atoms with Gasteiger partial charge in [0.1, 0.15) is 0 Å². The highest BCUT2D eigenvalue weighted by Crippen LogP contribution is 2.24. The van der Waals surface area contributed by atoms with E-state index < -0.39 is 0 Å². The summed E-state index contributed by atoms with van der Waals surface area (Å²) < 4.78 is 1.92. The predicted molar refractivity (Wildman–Crippen MR) is 49.0 cm³/mol. The van der Waals surface area contributed by atoms with Gasteiger partial charge in [-0.1, -0.05) is 27.2 Å². The summed E-state index contributed by atoms with van der Waals surface area (Å²) >= 11 is 0. The second-order valence-electron chi connectivity index (χ2n) is 3.82. The molecule has 1 aromatic rings. The van der Waals surface area contributed by atoms with Crippen molar-refractivity contribution >= 4 is 7.41 Å². The highest BCUT2D eigenvalue weighted by molar-refractivity contribution is 6.29. The molecule has 0 aromatic carbocycles. The number of nitrogens with zero attached hydrogens (tertiary/aromatic N) is 2. The Morgan fingerprint density at radius 1 is 1.67 bits per heavy atom. The van der Waals surface area contributed by atoms with E-state index in [0.29, 0.717) is 0 Å². The second kappa shape index (κ2) is 3.29. The SMILES string of the molecule is CCC(C)(C)[B][n+]1cnc(C)[nH]1. The van der Waals surface area contributed by atoms with Crippen LogP contribution in [0, 0.1) is 6.92 Å². The monoisotopic (exact) mass is 165 g/mol. The molecule has 1 rings (SSSR count). The number of hydrogen-bond acceptors (Lipinski definition) is 1. The van der Waals surface area contributed by atoms with Crippen molar-refractivity contribution in [1.29, 1.82) is 0 Å². The van der Waals surface area contributed by atoms with Gasteiger partial charge >= 0.3 is 7.41 Å². The second-order valence-corrected chi connectivity index (χ2v) is 3.82. The topological polar surface area (TPSA) is 32.6 Å². The first kappa shape index (κ1) is 9.29. The quantitative estimate of drug-likeness (QED) is 0.668. The molecule has 0 amide bonds. The van der Waals surface area contributed by atoms with Crippen LogP contribution in [0.3, 0.4) is 0 Å². The number of nitrogens with one attached hydrogen (secondary N) is 1. The lowest BCUT2D eigenvalue weighted by molar-refractivity contribution is -0.597. The minimum Gasteiger partial charge on any atom is -0.224 e. The van der Waals surface area contributed by atoms with E-state index in [1.807, 2.05) is 11.5 Å². The highest BCUT2D eigenvalue weighted by atomic mass is 15.3. The van der Waals surface area contributed by atoms with Gasteiger partial charge < -0.3 is 0 Å². The molecule has 0 saturated carbocycles. The van der Waals surface area contributed by atoms with Crippen LogP contribution in [0.2, 0.25) is 5.31 Å². The fourth-order valence-corrected chi connectivity index (χ4v) is 0.927. The van der Waals surface area contributed by atoms with Crippen LogP contribution >= 0.6 is 0 Å². The van der Waals surface area contributed by atoms with Crippen LogP contribution in [0.25, 0.3) is 0 Å². The predicted octanol–water partition coefficient (Wildman–Crippen LogP) is 1.08. The van der Waals surface area contributed by atoms with Gasteiger partial charge in [0.25, 0.3) is 6.33 Å². The van der Waals surface area contributed by atoms with Crippen LogP contribution in [0.1, 0.15) is 33.0 Å². The molecule has 0 saturated heterocycles. The van der Waals surface area contributed by atoms with Crippen molar-refractivity contribution in [3.8, 4) is 0 Å². The average molecular weight is 165 g/mol. The highest BCUT2D eigenvalue weighted by Gasteiger charge is 2.24. The molecule has 0 unspecified atom stereocenters. The maximum absolute atomic E-state index is 4.11. The van der Waals surface area contributed by atoms with E-state index in [4.69, 9.17) is 0 Å². The molecule has 1 heterocycles. The first-order valence-electron chi connectivity index (χ1n) is 4.32. The van der Waals surface area contributed by atoms with E-state index >= 15 is 0 Å². The zero-order chi connectivity index (χ0) is 9.19. The van der Waals surface area contributed by atoms with Gasteiger partial charge in [0, 0.05) is 6.92 Å². The van der Waals surface area contributed by atoms with E-state index in [1.54, 1.807) is 6.33 Å². The van der Waals surface area contributed by atoms with Crippen molar-refractivity contribution in [1.82, 2.24) is 10.1 Å². The molecular weight excluding hydrogens is 149 g/mol. The molecule has 65 valence electrons. The lowest BCUT2D eigenvalue weighted by Gasteiger charge is -2.15. The first-order chi connectivity index (χ1) is 5.53. The van der Waals surface area contributed by atoms with Gasteiger partial charge in [-0.15, -0.1) is 0 Å². The third-order valence-electron chi connectivity index (χ3n) is 2.07. The maximum Gasteiger partial charge on any atom is 0.428 e. The maximum atomic E-state index is 4.11. The van der Waals surface area contributed by atoms with E-state index in [0.717, 1.165) is 12.2 Å². The zero-order valence-corrected chi connectivity index (χ0v) is 8.26. The lowest BCUT2D eigenvalue weighted by atomic mass is 9.61. The van der Waals surface area contributed by atoms with Crippen LogP contribution in [-0.2, 0) is 0 Å². The van der Waals surface area contributed by atoms with Crippen LogP contribution in [-0.4, -0.2) is 17.5 Å². The third kappa shape index (κ3) is 2.36. The lowest BCUT2D eigenvalue weighted by Crippen LogP contribution is -2.46. The Labute approximate surface area is 74.5 Å². The van der Waals surface area contributed by atoms with Crippen molar-refractivity contribution < 1.29 is 4.59 Å². The molecule has 1 aromatic heterocycles. The van der Waals surface area contributed by atoms with E-state index in [2.05, 4.69) is 38.3 Å². The van der Waals surface area contributed by atoms with E-state index in [9.17, 15) is 0 Å². The molecule has 0 aliphatic heterocycles. The van der Waals surface area contributed by atoms with Gasteiger partial charge in [0.15, 0.2) is 0 Å². The largest absolute Gasteiger partial charge is 0.428 e. The summed E-state index contributed by atoms with van der Waals surface area (Å²) in [5, 5.41) is 3.34. The zero-order valence-electron chi connectivity index (χ0n) is 8.26. The van der Waals surface area contributed by atoms with Crippen molar-refractivity contribution in [2.75, 3.05) is 0 Å². The summed E-state index contributed by atoms with van der Waals surface area (Å²) in [6, 6.07) is 0. The molecule has 0 spiro atoms. The minimum absolute atomic E-state index is 0.226. The van der Waals surface area contributed by atoms with Crippen LogP contribution in [0.4, 0.5) is 0 Å². The summed E-state index contributed by atoms with van der Waals surface area (Å²) in [4.78, 5) is 4.11. The van der Waals surface area contributed by atoms with Crippen molar-refractivity contribution in [2.45, 2.75) is 39.4 Å². The van der Waals surface area contributed by atoms with Crippen LogP contribution < -0.4 is 4.59 Å². The van der Waals surface area contributed by atoms with E-state index in [-0.39, 0.29) is 5.31 Å². The molecule has 12 heavy (non-hydrogen) atoms. The summed E-state index contributed by atoms with van der Waals surface area (Å²) in [6.45, 7) is 8.54. The summed E-state index contributed by atoms with van der Waals surface area (Å²) in [5.41, 5.74) is 0. The fraction of sp³-hybridized carbons (Fsp3) is 0.750. The van der Waals surface area contributed by atoms with Gasteiger partial charge in [-0.2, -0.15) is 0 Å². The molecule has 1 radical (unpaired) electrons. The molecular formula is C8H16BN3+. The molecule has 0 atom stereocenters. The molecule has 1 N–H and O–H groups in total. The van der Waals surface area contributed by atoms with Crippen molar-refractivity contribution in [3.63, 3.8) is 0 Å². The van der Waals surface area contributed by atoms with Crippen LogP contribution in [0.5, 0.6) is 0 Å². The molecule has 3 nitrogen and oxygen atoms in total. The Morgan fingerprint density at radius 2 is 2.33 bits per heavy atom. The molecule has 4 heteroatoms. The van der Waals surface area contributed by atoms with Crippen LogP contribution in [0.15, 0.2) is 6.33 Å². The molecule has 0 bridgehead atoms. The number of rotatable bonds is 3. The Balaban J connectivity index is 2.63. The van der Waals surface area contributed by atoms with Crippen molar-refractivity contribution in [3.05, 3.63) is 12.2 Å². The fourth-order valence-electron chi connectivity index (χ4n) is 0.927. The Morgan fingerprint density at radius 3 is 2.75 bits per heavy atom. The number of aromatic amines is 1. The molecule has 0 aliphatic rings. The average Bonchev–Trinajstić information content (AvgIpc) is 2.35. The molecule has 0 fully saturated rings. The Kier molecular flexibility index (Phi) is 2.55. The normalized spacial score (nSPS) is 11.7. The van der Waals surface area contributed by atoms with Gasteiger partial charge in [0.05, 0.1) is 0 Å². The van der Waals surface area contributed by atoms with Gasteiger partial charge in [-0.25, -0.2) is 9.69 Å². The Hall–Kier alpha value is -0.795. The van der Waals surface area contributed by atoms with E-state index in [1.165, 1.54) is 0 Å². The number of aromatic nitrogens is 3. The van der Waals surface area contributed by atoms with Gasteiger partial charge in [0.2, 0.25) is 5.82 Å². The Bertz CT molecular complexity index is 255. The van der Waals surface area contributed by atoms with Gasteiger partial charge in [-0.3, -0.25) is 0 Å². The van der Waals surface area contributed by atoms with Gasteiger partial charge in [-0.05, 0) is 10.3 Å². The summed E-state index contributed by atoms with van der Waals surface area (Å²) in [5.74, 6) is 0.943.